The molecule has 0 saturated carbocycles. The van der Waals surface area contributed by atoms with E-state index in [1.165, 1.54) is 17.0 Å². The van der Waals surface area contributed by atoms with E-state index in [2.05, 4.69) is 15.2 Å². The molecule has 0 aliphatic carbocycles. The topological polar surface area (TPSA) is 129 Å². The Balaban J connectivity index is 0.803. The summed E-state index contributed by atoms with van der Waals surface area (Å²) in [5, 5.41) is 3.11. The van der Waals surface area contributed by atoms with Gasteiger partial charge in [-0.05, 0) is 86.2 Å². The summed E-state index contributed by atoms with van der Waals surface area (Å²) in [7, 11) is 0. The second kappa shape index (κ2) is 14.3. The van der Waals surface area contributed by atoms with Crippen molar-refractivity contribution in [3.8, 4) is 0 Å². The fourth-order valence-corrected chi connectivity index (χ4v) is 10.8. The Hall–Kier alpha value is -5.61. The molecule has 3 saturated heterocycles. The third-order valence-corrected chi connectivity index (χ3v) is 13.7. The second-order valence-electron chi connectivity index (χ2n) is 17.4. The van der Waals surface area contributed by atoms with Crippen LogP contribution in [-0.4, -0.2) is 112 Å². The van der Waals surface area contributed by atoms with Crippen molar-refractivity contribution >= 4 is 46.1 Å². The number of fused-ring (bicyclic) bond motifs is 5. The zero-order valence-corrected chi connectivity index (χ0v) is 32.9. The van der Waals surface area contributed by atoms with Crippen molar-refractivity contribution in [3.05, 3.63) is 99.2 Å². The van der Waals surface area contributed by atoms with Crippen molar-refractivity contribution < 1.29 is 41.5 Å². The van der Waals surface area contributed by atoms with Gasteiger partial charge >= 0.3 is 0 Å². The number of carbonyl (C=O) groups is 5. The first kappa shape index (κ1) is 38.6. The first-order valence-electron chi connectivity index (χ1n) is 20.5. The molecule has 1 aromatic heterocycles. The summed E-state index contributed by atoms with van der Waals surface area (Å²) >= 11 is 0. The van der Waals surface area contributed by atoms with Crippen LogP contribution in [0.2, 0.25) is 0 Å². The van der Waals surface area contributed by atoms with Crippen LogP contribution in [0.15, 0.2) is 48.5 Å². The molecular weight excluding hydrogens is 783 g/mol. The number of aromatic amines is 1. The number of rotatable bonds is 7. The first-order chi connectivity index (χ1) is 28.8. The van der Waals surface area contributed by atoms with Crippen LogP contribution in [0.4, 0.5) is 23.2 Å². The van der Waals surface area contributed by atoms with Gasteiger partial charge in [0.25, 0.3) is 18.2 Å². The smallest absolute Gasteiger partial charge is 0.262 e. The van der Waals surface area contributed by atoms with Crippen molar-refractivity contribution in [2.75, 3.05) is 44.2 Å². The highest BCUT2D eigenvalue weighted by Gasteiger charge is 2.47. The van der Waals surface area contributed by atoms with Crippen molar-refractivity contribution in [1.29, 1.82) is 0 Å². The number of piperidine rings is 1. The molecule has 2 unspecified atom stereocenters. The van der Waals surface area contributed by atoms with Crippen LogP contribution in [0.5, 0.6) is 0 Å². The number of alkyl halides is 2. The highest BCUT2D eigenvalue weighted by atomic mass is 19.3. The van der Waals surface area contributed by atoms with E-state index in [4.69, 9.17) is 0 Å². The molecule has 3 fully saturated rings. The third kappa shape index (κ3) is 6.28. The van der Waals surface area contributed by atoms with Gasteiger partial charge in [-0.15, -0.1) is 0 Å². The lowest BCUT2D eigenvalue weighted by Gasteiger charge is -2.41. The maximum Gasteiger partial charge on any atom is 0.262 e. The van der Waals surface area contributed by atoms with Gasteiger partial charge in [-0.3, -0.25) is 44.0 Å². The molecule has 4 aromatic rings. The standard InChI is InChI=1S/C44H43F4N7O5/c1-23-12-28-27-4-2-3-5-33(27)49-39(28)40(54(23)19-35(47)48)38-31(45)15-26(16-32(38)46)52-11-9-44(22-52)8-10-51(21-44)20-37(57)53-17-24-13-29-30(14-25(24)18-53)43(60)55(42(29)59)34-6-7-36(56)50-41(34)58/h2-5,13-16,23,34-35,40,49H,6-12,17-22H2,1H3,(H,50,56,58)/t23-,34?,40-,44?/m1/s1. The van der Waals surface area contributed by atoms with Gasteiger partial charge in [-0.25, -0.2) is 17.6 Å². The number of aromatic nitrogens is 1. The van der Waals surface area contributed by atoms with Crippen LogP contribution < -0.4 is 10.2 Å². The zero-order chi connectivity index (χ0) is 41.8. The molecule has 312 valence electrons. The number of carbonyl (C=O) groups excluding carboxylic acids is 5. The Labute approximate surface area is 342 Å². The van der Waals surface area contributed by atoms with Crippen molar-refractivity contribution in [1.82, 2.24) is 29.9 Å². The summed E-state index contributed by atoms with van der Waals surface area (Å²) in [6.07, 6.45) is -0.564. The molecule has 60 heavy (non-hydrogen) atoms. The van der Waals surface area contributed by atoms with Gasteiger partial charge in [0.1, 0.15) is 17.7 Å². The second-order valence-corrected chi connectivity index (χ2v) is 17.4. The summed E-state index contributed by atoms with van der Waals surface area (Å²) in [6.45, 7) is 4.28. The summed E-state index contributed by atoms with van der Waals surface area (Å²) in [5.41, 5.74) is 4.02. The van der Waals surface area contributed by atoms with E-state index in [0.29, 0.717) is 44.0 Å². The SMILES string of the molecule is C[C@@H]1Cc2c([nH]c3ccccc23)[C@@H](c2c(F)cc(N3CCC4(CCN(CC(=O)N5Cc6cc7c(cc6C5)C(=O)N(C5CCC(=O)NC5=O)C7=O)C4)C3)cc2F)N1CC(F)F. The van der Waals surface area contributed by atoms with Crippen LogP contribution >= 0.6 is 0 Å². The highest BCUT2D eigenvalue weighted by molar-refractivity contribution is 6.23. The van der Waals surface area contributed by atoms with E-state index in [1.807, 2.05) is 36.1 Å². The maximum atomic E-state index is 16.4. The van der Waals surface area contributed by atoms with E-state index < -0.39 is 60.3 Å². The quantitative estimate of drug-likeness (QED) is 0.199. The van der Waals surface area contributed by atoms with Gasteiger partial charge in [-0.2, -0.15) is 0 Å². The fourth-order valence-electron chi connectivity index (χ4n) is 10.8. The lowest BCUT2D eigenvalue weighted by molar-refractivity contribution is -0.136. The van der Waals surface area contributed by atoms with Gasteiger partial charge in [0.05, 0.1) is 30.3 Å². The minimum atomic E-state index is -2.69. The predicted octanol–water partition coefficient (Wildman–Crippen LogP) is 4.89. The summed E-state index contributed by atoms with van der Waals surface area (Å²) in [4.78, 5) is 75.9. The Morgan fingerprint density at radius 2 is 1.60 bits per heavy atom. The van der Waals surface area contributed by atoms with Gasteiger partial charge in [-0.1, -0.05) is 18.2 Å². The summed E-state index contributed by atoms with van der Waals surface area (Å²) in [5.74, 6) is -3.97. The summed E-state index contributed by atoms with van der Waals surface area (Å²) in [6, 6.07) is 11.0. The average molecular weight is 826 g/mol. The van der Waals surface area contributed by atoms with Gasteiger partial charge in [0.15, 0.2) is 0 Å². The number of nitrogens with zero attached hydrogens (tertiary/aromatic N) is 5. The highest BCUT2D eigenvalue weighted by Crippen LogP contribution is 2.45. The van der Waals surface area contributed by atoms with E-state index >= 15 is 8.78 Å². The number of hydrogen-bond acceptors (Lipinski definition) is 8. The number of halogens is 4. The number of para-hydroxylation sites is 1. The van der Waals surface area contributed by atoms with E-state index in [-0.39, 0.29) is 66.5 Å². The lowest BCUT2D eigenvalue weighted by Crippen LogP contribution is -2.54. The number of hydrogen-bond donors (Lipinski definition) is 2. The zero-order valence-electron chi connectivity index (χ0n) is 32.9. The molecule has 2 N–H and O–H groups in total. The third-order valence-electron chi connectivity index (χ3n) is 13.7. The number of amides is 5. The van der Waals surface area contributed by atoms with E-state index in [0.717, 1.165) is 45.3 Å². The van der Waals surface area contributed by atoms with Crippen molar-refractivity contribution in [2.45, 2.75) is 76.7 Å². The Bertz CT molecular complexity index is 2460. The maximum absolute atomic E-state index is 16.4. The fraction of sp³-hybridized carbons (Fsp3) is 0.432. The molecule has 0 radical (unpaired) electrons. The number of anilines is 1. The molecule has 16 heteroatoms. The van der Waals surface area contributed by atoms with Crippen LogP contribution in [-0.2, 0) is 33.9 Å². The van der Waals surface area contributed by atoms with E-state index in [1.54, 1.807) is 17.0 Å². The van der Waals surface area contributed by atoms with Crippen LogP contribution in [0.3, 0.4) is 0 Å². The van der Waals surface area contributed by atoms with Gasteiger partial charge in [0.2, 0.25) is 17.7 Å². The van der Waals surface area contributed by atoms with Crippen LogP contribution in [0, 0.1) is 17.0 Å². The van der Waals surface area contributed by atoms with Crippen LogP contribution in [0.1, 0.15) is 87.3 Å². The molecule has 3 aromatic carbocycles. The normalized spacial score (nSPS) is 25.6. The van der Waals surface area contributed by atoms with Gasteiger partial charge < -0.3 is 14.8 Å². The molecule has 7 heterocycles. The minimum absolute atomic E-state index is 0.0313. The van der Waals surface area contributed by atoms with Crippen molar-refractivity contribution in [3.63, 3.8) is 0 Å². The number of benzene rings is 3. The number of H-pyrrole nitrogens is 1. The summed E-state index contributed by atoms with van der Waals surface area (Å²) < 4.78 is 60.6. The number of nitrogens with one attached hydrogen (secondary N) is 2. The monoisotopic (exact) mass is 825 g/mol. The molecule has 10 rings (SSSR count). The van der Waals surface area contributed by atoms with Crippen LogP contribution in [0.25, 0.3) is 10.9 Å². The molecule has 6 aliphatic heterocycles. The lowest BCUT2D eigenvalue weighted by atomic mass is 9.86. The molecule has 12 nitrogen and oxygen atoms in total. The predicted molar refractivity (Wildman–Crippen MR) is 210 cm³/mol. The Morgan fingerprint density at radius 1 is 0.917 bits per heavy atom. The molecular formula is C44H43F4N7O5. The molecule has 4 atom stereocenters. The Kier molecular flexibility index (Phi) is 9.17. The average Bonchev–Trinajstić information content (AvgIpc) is 4.03. The molecule has 0 bridgehead atoms. The minimum Gasteiger partial charge on any atom is -0.371 e. The van der Waals surface area contributed by atoms with Gasteiger partial charge in [0, 0.05) is 78.4 Å². The Morgan fingerprint density at radius 3 is 2.28 bits per heavy atom. The molecule has 6 aliphatic rings. The first-order valence-corrected chi connectivity index (χ1v) is 20.5. The number of likely N-dealkylation sites (tertiary alicyclic amines) is 1. The number of imide groups is 2. The van der Waals surface area contributed by atoms with E-state index in [9.17, 15) is 32.8 Å². The van der Waals surface area contributed by atoms with Crippen molar-refractivity contribution in [2.24, 2.45) is 5.41 Å². The largest absolute Gasteiger partial charge is 0.371 e. The molecule has 1 spiro atoms. The molecule has 5 amide bonds.